The number of carbonyl (C=O) groups excluding carboxylic acids is 3. The predicted molar refractivity (Wildman–Crippen MR) is 119 cm³/mol. The number of amides is 3. The average Bonchev–Trinajstić information content (AvgIpc) is 3.03. The Kier molecular flexibility index (Phi) is 7.78. The van der Waals surface area contributed by atoms with Gasteiger partial charge in [0.25, 0.3) is 11.8 Å². The summed E-state index contributed by atoms with van der Waals surface area (Å²) in [6, 6.07) is 14.1. The maximum Gasteiger partial charge on any atom is 0.261 e. The first-order valence-corrected chi connectivity index (χ1v) is 10.7. The minimum Gasteiger partial charge on any atom is -0.490 e. The lowest BCUT2D eigenvalue weighted by Crippen LogP contribution is -2.31. The van der Waals surface area contributed by atoms with Gasteiger partial charge in [-0.05, 0) is 43.8 Å². The van der Waals surface area contributed by atoms with Gasteiger partial charge in [0.15, 0.2) is 0 Å². The molecule has 0 saturated carbocycles. The second-order valence-electron chi connectivity index (χ2n) is 7.33. The number of likely N-dealkylation sites (N-methyl/N-ethyl adjacent to an activating group) is 1. The minimum atomic E-state index is -0.298. The number of nitrogens with one attached hydrogen (secondary N) is 1. The molecule has 0 radical (unpaired) electrons. The van der Waals surface area contributed by atoms with E-state index < -0.39 is 0 Å². The Bertz CT molecular complexity index is 905. The van der Waals surface area contributed by atoms with Crippen molar-refractivity contribution in [1.82, 2.24) is 9.80 Å². The highest BCUT2D eigenvalue weighted by atomic mass is 16.5. The van der Waals surface area contributed by atoms with E-state index in [0.717, 1.165) is 19.6 Å². The summed E-state index contributed by atoms with van der Waals surface area (Å²) in [6.45, 7) is 7.71. The highest BCUT2D eigenvalue weighted by Crippen LogP contribution is 2.25. The molecule has 164 valence electrons. The van der Waals surface area contributed by atoms with Gasteiger partial charge in [-0.2, -0.15) is 0 Å². The number of rotatable bonds is 11. The molecular weight excluding hydrogens is 394 g/mol. The first-order chi connectivity index (χ1) is 15.0. The van der Waals surface area contributed by atoms with Gasteiger partial charge in [0.05, 0.1) is 16.8 Å². The summed E-state index contributed by atoms with van der Waals surface area (Å²) in [5.74, 6) is -0.152. The van der Waals surface area contributed by atoms with E-state index in [1.54, 1.807) is 30.3 Å². The molecule has 2 aromatic carbocycles. The zero-order valence-corrected chi connectivity index (χ0v) is 18.1. The van der Waals surface area contributed by atoms with Gasteiger partial charge in [0.2, 0.25) is 5.91 Å². The number of anilines is 1. The van der Waals surface area contributed by atoms with Crippen molar-refractivity contribution in [3.63, 3.8) is 0 Å². The number of carbonyl (C=O) groups is 3. The molecular formula is C24H29N3O4. The van der Waals surface area contributed by atoms with Crippen LogP contribution in [0.2, 0.25) is 0 Å². The van der Waals surface area contributed by atoms with E-state index >= 15 is 0 Å². The van der Waals surface area contributed by atoms with E-state index in [-0.39, 0.29) is 30.7 Å². The second kappa shape index (κ2) is 10.7. The lowest BCUT2D eigenvalue weighted by molar-refractivity contribution is -0.116. The number of hydrogen-bond donors (Lipinski definition) is 1. The van der Waals surface area contributed by atoms with Crippen LogP contribution in [0.3, 0.4) is 0 Å². The van der Waals surface area contributed by atoms with Crippen LogP contribution in [0.5, 0.6) is 5.75 Å². The molecule has 1 aliphatic heterocycles. The molecule has 1 aliphatic rings. The maximum absolute atomic E-state index is 12.4. The molecule has 1 heterocycles. The summed E-state index contributed by atoms with van der Waals surface area (Å²) in [4.78, 5) is 40.7. The van der Waals surface area contributed by atoms with Crippen LogP contribution in [0.15, 0.2) is 48.5 Å². The van der Waals surface area contributed by atoms with E-state index in [9.17, 15) is 14.4 Å². The van der Waals surface area contributed by atoms with Crippen LogP contribution in [0.25, 0.3) is 0 Å². The van der Waals surface area contributed by atoms with Gasteiger partial charge >= 0.3 is 0 Å². The van der Waals surface area contributed by atoms with Crippen LogP contribution in [0, 0.1) is 0 Å². The molecule has 7 heteroatoms. The van der Waals surface area contributed by atoms with Crippen LogP contribution in [0.4, 0.5) is 5.69 Å². The van der Waals surface area contributed by atoms with Gasteiger partial charge < -0.3 is 15.0 Å². The SMILES string of the molecule is CCN(CC)CCOc1ccccc1NC(=O)CCCN1C(=O)c2ccccc2C1=O. The maximum atomic E-state index is 12.4. The molecule has 7 nitrogen and oxygen atoms in total. The van der Waals surface area contributed by atoms with Crippen LogP contribution in [0.1, 0.15) is 47.4 Å². The Labute approximate surface area is 183 Å². The number of para-hydroxylation sites is 2. The summed E-state index contributed by atoms with van der Waals surface area (Å²) in [5.41, 5.74) is 1.47. The van der Waals surface area contributed by atoms with Crippen LogP contribution in [-0.2, 0) is 4.79 Å². The topological polar surface area (TPSA) is 79.0 Å². The highest BCUT2D eigenvalue weighted by Gasteiger charge is 2.34. The fraction of sp³-hybridized carbons (Fsp3) is 0.375. The van der Waals surface area contributed by atoms with Crippen molar-refractivity contribution in [3.8, 4) is 5.75 Å². The van der Waals surface area contributed by atoms with E-state index in [0.29, 0.717) is 35.6 Å². The summed E-state index contributed by atoms with van der Waals surface area (Å²) < 4.78 is 5.87. The van der Waals surface area contributed by atoms with Gasteiger partial charge in [-0.15, -0.1) is 0 Å². The smallest absolute Gasteiger partial charge is 0.261 e. The first kappa shape index (κ1) is 22.5. The Morgan fingerprint density at radius 2 is 1.58 bits per heavy atom. The average molecular weight is 424 g/mol. The molecule has 0 fully saturated rings. The van der Waals surface area contributed by atoms with Crippen LogP contribution in [-0.4, -0.2) is 60.3 Å². The van der Waals surface area contributed by atoms with E-state index in [4.69, 9.17) is 4.74 Å². The molecule has 0 atom stereocenters. The van der Waals surface area contributed by atoms with Crippen molar-refractivity contribution in [1.29, 1.82) is 0 Å². The molecule has 0 aliphatic carbocycles. The number of hydrogen-bond acceptors (Lipinski definition) is 5. The highest BCUT2D eigenvalue weighted by molar-refractivity contribution is 6.21. The van der Waals surface area contributed by atoms with Gasteiger partial charge in [-0.1, -0.05) is 38.1 Å². The minimum absolute atomic E-state index is 0.184. The molecule has 0 unspecified atom stereocenters. The van der Waals surface area contributed by atoms with Crippen LogP contribution < -0.4 is 10.1 Å². The molecule has 31 heavy (non-hydrogen) atoms. The molecule has 3 amide bonds. The van der Waals surface area contributed by atoms with Gasteiger partial charge in [-0.25, -0.2) is 0 Å². The molecule has 0 saturated heterocycles. The third-order valence-electron chi connectivity index (χ3n) is 5.38. The summed E-state index contributed by atoms with van der Waals surface area (Å²) in [6.07, 6.45) is 0.587. The molecule has 2 aromatic rings. The van der Waals surface area contributed by atoms with Crippen molar-refractivity contribution >= 4 is 23.4 Å². The molecule has 1 N–H and O–H groups in total. The lowest BCUT2D eigenvalue weighted by Gasteiger charge is -2.19. The van der Waals surface area contributed by atoms with E-state index in [1.165, 1.54) is 4.90 Å². The predicted octanol–water partition coefficient (Wildman–Crippen LogP) is 3.42. The van der Waals surface area contributed by atoms with Crippen molar-refractivity contribution in [3.05, 3.63) is 59.7 Å². The zero-order chi connectivity index (χ0) is 22.2. The largest absolute Gasteiger partial charge is 0.490 e. The normalized spacial score (nSPS) is 12.9. The molecule has 3 rings (SSSR count). The zero-order valence-electron chi connectivity index (χ0n) is 18.1. The Morgan fingerprint density at radius 1 is 0.968 bits per heavy atom. The molecule has 0 aromatic heterocycles. The monoisotopic (exact) mass is 423 g/mol. The number of ether oxygens (including phenoxy) is 1. The number of imide groups is 1. The number of benzene rings is 2. The third-order valence-corrected chi connectivity index (χ3v) is 5.38. The second-order valence-corrected chi connectivity index (χ2v) is 7.33. The molecule has 0 spiro atoms. The van der Waals surface area contributed by atoms with Gasteiger partial charge in [0.1, 0.15) is 12.4 Å². The summed E-state index contributed by atoms with van der Waals surface area (Å²) in [5, 5.41) is 2.88. The summed E-state index contributed by atoms with van der Waals surface area (Å²) >= 11 is 0. The lowest BCUT2D eigenvalue weighted by atomic mass is 10.1. The van der Waals surface area contributed by atoms with Crippen molar-refractivity contribution in [2.75, 3.05) is 38.1 Å². The molecule has 0 bridgehead atoms. The van der Waals surface area contributed by atoms with Gasteiger partial charge in [-0.3, -0.25) is 19.3 Å². The first-order valence-electron chi connectivity index (χ1n) is 10.7. The Balaban J connectivity index is 1.48. The standard InChI is InChI=1S/C24H29N3O4/c1-3-26(4-2)16-17-31-21-13-8-7-12-20(21)25-22(28)14-9-15-27-23(29)18-10-5-6-11-19(18)24(27)30/h5-8,10-13H,3-4,9,14-17H2,1-2H3,(H,25,28). The van der Waals surface area contributed by atoms with Crippen molar-refractivity contribution in [2.45, 2.75) is 26.7 Å². The third kappa shape index (κ3) is 5.49. The number of fused-ring (bicyclic) bond motifs is 1. The number of nitrogens with zero attached hydrogens (tertiary/aromatic N) is 2. The van der Waals surface area contributed by atoms with E-state index in [2.05, 4.69) is 24.1 Å². The van der Waals surface area contributed by atoms with Crippen LogP contribution >= 0.6 is 0 Å². The summed E-state index contributed by atoms with van der Waals surface area (Å²) in [7, 11) is 0. The van der Waals surface area contributed by atoms with Crippen molar-refractivity contribution in [2.24, 2.45) is 0 Å². The van der Waals surface area contributed by atoms with Gasteiger partial charge in [0, 0.05) is 19.5 Å². The van der Waals surface area contributed by atoms with Crippen molar-refractivity contribution < 1.29 is 19.1 Å². The fourth-order valence-electron chi connectivity index (χ4n) is 3.57. The Morgan fingerprint density at radius 3 is 2.23 bits per heavy atom. The van der Waals surface area contributed by atoms with E-state index in [1.807, 2.05) is 18.2 Å². The fourth-order valence-corrected chi connectivity index (χ4v) is 3.57. The quantitative estimate of drug-likeness (QED) is 0.560. The Hall–Kier alpha value is -3.19.